The molecule has 2 saturated heterocycles. The molecule has 0 saturated carbocycles. The fourth-order valence-corrected chi connectivity index (χ4v) is 3.92. The van der Waals surface area contributed by atoms with E-state index in [1.807, 2.05) is 25.8 Å². The van der Waals surface area contributed by atoms with Gasteiger partial charge in [0.1, 0.15) is 11.5 Å². The molecule has 7 nitrogen and oxygen atoms in total. The van der Waals surface area contributed by atoms with Gasteiger partial charge in [-0.05, 0) is 39.2 Å². The van der Waals surface area contributed by atoms with Crippen LogP contribution in [0.3, 0.4) is 0 Å². The summed E-state index contributed by atoms with van der Waals surface area (Å²) in [7, 11) is 1.82. The third-order valence-corrected chi connectivity index (χ3v) is 5.53. The van der Waals surface area contributed by atoms with E-state index < -0.39 is 0 Å². The van der Waals surface area contributed by atoms with Gasteiger partial charge in [-0.15, -0.1) is 24.0 Å². The second kappa shape index (κ2) is 11.0. The fourth-order valence-electron chi connectivity index (χ4n) is 3.92. The number of rotatable bonds is 4. The van der Waals surface area contributed by atoms with Crippen LogP contribution in [0.5, 0.6) is 0 Å². The number of hydrogen-bond donors (Lipinski definition) is 1. The minimum absolute atomic E-state index is 0. The summed E-state index contributed by atoms with van der Waals surface area (Å²) >= 11 is 0. The van der Waals surface area contributed by atoms with Crippen molar-refractivity contribution in [2.45, 2.75) is 39.7 Å². The Morgan fingerprint density at radius 1 is 1.07 bits per heavy atom. The number of piperidine rings is 1. The summed E-state index contributed by atoms with van der Waals surface area (Å²) in [5.41, 5.74) is 1.17. The first-order valence-electron chi connectivity index (χ1n) is 10.1. The third-order valence-electron chi connectivity index (χ3n) is 5.53. The molecule has 158 valence electrons. The van der Waals surface area contributed by atoms with E-state index in [0.717, 1.165) is 69.6 Å². The van der Waals surface area contributed by atoms with E-state index >= 15 is 0 Å². The van der Waals surface area contributed by atoms with Gasteiger partial charge in [-0.3, -0.25) is 14.7 Å². The molecule has 1 N–H and O–H groups in total. The normalized spacial score (nSPS) is 18.8. The van der Waals surface area contributed by atoms with Crippen LogP contribution in [0.25, 0.3) is 0 Å². The van der Waals surface area contributed by atoms with Gasteiger partial charge in [0, 0.05) is 58.4 Å². The van der Waals surface area contributed by atoms with Crippen LogP contribution in [0.2, 0.25) is 0 Å². The minimum Gasteiger partial charge on any atom is -0.466 e. The lowest BCUT2D eigenvalue weighted by molar-refractivity contribution is -0.133. The minimum atomic E-state index is 0. The smallest absolute Gasteiger partial charge is 0.236 e. The Hall–Kier alpha value is -1.29. The van der Waals surface area contributed by atoms with E-state index in [1.165, 1.54) is 12.0 Å². The lowest BCUT2D eigenvalue weighted by Crippen LogP contribution is -2.54. The number of piperazine rings is 1. The lowest BCUT2D eigenvalue weighted by Gasteiger charge is -2.37. The molecule has 2 aliphatic heterocycles. The van der Waals surface area contributed by atoms with Crippen molar-refractivity contribution in [1.29, 1.82) is 0 Å². The number of aryl methyl sites for hydroxylation is 2. The van der Waals surface area contributed by atoms with E-state index in [2.05, 4.69) is 26.2 Å². The van der Waals surface area contributed by atoms with E-state index in [0.29, 0.717) is 13.1 Å². The zero-order valence-electron chi connectivity index (χ0n) is 17.4. The van der Waals surface area contributed by atoms with Crippen LogP contribution in [0, 0.1) is 13.8 Å². The first-order chi connectivity index (χ1) is 13.1. The van der Waals surface area contributed by atoms with Gasteiger partial charge in [0.25, 0.3) is 0 Å². The average molecular weight is 503 g/mol. The summed E-state index contributed by atoms with van der Waals surface area (Å²) in [6.07, 6.45) is 3.56. The molecule has 1 amide bonds. The molecule has 0 aromatic carbocycles. The monoisotopic (exact) mass is 503 g/mol. The topological polar surface area (TPSA) is 64.3 Å². The summed E-state index contributed by atoms with van der Waals surface area (Å²) < 4.78 is 5.59. The molecule has 1 aromatic rings. The van der Waals surface area contributed by atoms with Crippen molar-refractivity contribution in [2.24, 2.45) is 4.99 Å². The highest BCUT2D eigenvalue weighted by Gasteiger charge is 2.24. The molecule has 3 heterocycles. The Balaban J connectivity index is 0.00000280. The maximum absolute atomic E-state index is 12.5. The van der Waals surface area contributed by atoms with Crippen molar-refractivity contribution in [2.75, 3.05) is 52.9 Å². The van der Waals surface area contributed by atoms with Gasteiger partial charge < -0.3 is 19.5 Å². The maximum Gasteiger partial charge on any atom is 0.236 e. The molecule has 0 aliphatic carbocycles. The van der Waals surface area contributed by atoms with Gasteiger partial charge in [-0.25, -0.2) is 0 Å². The molecule has 0 spiro atoms. The Labute approximate surface area is 185 Å². The molecule has 0 bridgehead atoms. The summed E-state index contributed by atoms with van der Waals surface area (Å²) in [6.45, 7) is 10.6. The number of nitrogens with zero attached hydrogens (tertiary/aromatic N) is 4. The number of amides is 1. The van der Waals surface area contributed by atoms with Crippen molar-refractivity contribution in [3.63, 3.8) is 0 Å². The Bertz CT molecular complexity index is 662. The standard InChI is InChI=1S/C20H33N5O2.HI/c1-16-13-18(17(2)27-16)14-22-20(21-3)25-11-9-23(10-12-25)15-19(26)24-7-5-4-6-8-24;/h13H,4-12,14-15H2,1-3H3,(H,21,22);1H. The number of carbonyl (C=O) groups excluding carboxylic acids is 1. The predicted molar refractivity (Wildman–Crippen MR) is 122 cm³/mol. The molecule has 3 rings (SSSR count). The van der Waals surface area contributed by atoms with E-state index in [9.17, 15) is 4.79 Å². The number of guanidine groups is 1. The van der Waals surface area contributed by atoms with Crippen molar-refractivity contribution >= 4 is 35.8 Å². The predicted octanol–water partition coefficient (Wildman–Crippen LogP) is 2.22. The molecule has 0 radical (unpaired) electrons. The molecule has 0 atom stereocenters. The quantitative estimate of drug-likeness (QED) is 0.388. The molecule has 0 unspecified atom stereocenters. The van der Waals surface area contributed by atoms with Crippen LogP contribution in [0.4, 0.5) is 0 Å². The molecule has 8 heteroatoms. The average Bonchev–Trinajstić information content (AvgIpc) is 3.01. The van der Waals surface area contributed by atoms with Crippen LogP contribution >= 0.6 is 24.0 Å². The number of nitrogens with one attached hydrogen (secondary N) is 1. The fraction of sp³-hybridized carbons (Fsp3) is 0.700. The Kier molecular flexibility index (Phi) is 9.07. The van der Waals surface area contributed by atoms with Crippen molar-refractivity contribution in [1.82, 2.24) is 20.0 Å². The number of carbonyl (C=O) groups is 1. The Morgan fingerprint density at radius 2 is 1.75 bits per heavy atom. The second-order valence-electron chi connectivity index (χ2n) is 7.54. The van der Waals surface area contributed by atoms with E-state index in [4.69, 9.17) is 4.42 Å². The number of aliphatic imine (C=N–C) groups is 1. The summed E-state index contributed by atoms with van der Waals surface area (Å²) in [6, 6.07) is 2.07. The van der Waals surface area contributed by atoms with E-state index in [-0.39, 0.29) is 29.9 Å². The van der Waals surface area contributed by atoms with Crippen LogP contribution in [0.15, 0.2) is 15.5 Å². The first-order valence-corrected chi connectivity index (χ1v) is 10.1. The SMILES string of the molecule is CN=C(NCc1cc(C)oc1C)N1CCN(CC(=O)N2CCCCC2)CC1.I. The van der Waals surface area contributed by atoms with Gasteiger partial charge in [-0.2, -0.15) is 0 Å². The van der Waals surface area contributed by atoms with Gasteiger partial charge in [0.05, 0.1) is 6.54 Å². The van der Waals surface area contributed by atoms with Crippen LogP contribution in [-0.2, 0) is 11.3 Å². The maximum atomic E-state index is 12.5. The number of hydrogen-bond acceptors (Lipinski definition) is 4. The van der Waals surface area contributed by atoms with Gasteiger partial charge in [0.15, 0.2) is 5.96 Å². The summed E-state index contributed by atoms with van der Waals surface area (Å²) in [4.78, 5) is 23.5. The van der Waals surface area contributed by atoms with Gasteiger partial charge in [-0.1, -0.05) is 0 Å². The summed E-state index contributed by atoms with van der Waals surface area (Å²) in [5, 5.41) is 3.44. The molecule has 2 aliphatic rings. The lowest BCUT2D eigenvalue weighted by atomic mass is 10.1. The van der Waals surface area contributed by atoms with Crippen molar-refractivity contribution in [3.8, 4) is 0 Å². The number of likely N-dealkylation sites (tertiary alicyclic amines) is 1. The van der Waals surface area contributed by atoms with Crippen molar-refractivity contribution < 1.29 is 9.21 Å². The third kappa shape index (κ3) is 6.10. The highest BCUT2D eigenvalue weighted by Crippen LogP contribution is 2.14. The first kappa shape index (κ1) is 23.0. The molecule has 28 heavy (non-hydrogen) atoms. The van der Waals surface area contributed by atoms with E-state index in [1.54, 1.807) is 0 Å². The number of halogens is 1. The zero-order chi connectivity index (χ0) is 19.2. The van der Waals surface area contributed by atoms with Crippen molar-refractivity contribution in [3.05, 3.63) is 23.2 Å². The van der Waals surface area contributed by atoms with Gasteiger partial charge in [0.2, 0.25) is 5.91 Å². The van der Waals surface area contributed by atoms with Crippen LogP contribution < -0.4 is 5.32 Å². The van der Waals surface area contributed by atoms with Crippen LogP contribution in [-0.4, -0.2) is 79.4 Å². The zero-order valence-corrected chi connectivity index (χ0v) is 19.7. The largest absolute Gasteiger partial charge is 0.466 e. The number of furan rings is 1. The molecule has 2 fully saturated rings. The Morgan fingerprint density at radius 3 is 2.32 bits per heavy atom. The molecule has 1 aromatic heterocycles. The summed E-state index contributed by atoms with van der Waals surface area (Å²) in [5.74, 6) is 3.09. The molecular formula is C20H34IN5O2. The van der Waals surface area contributed by atoms with Crippen LogP contribution in [0.1, 0.15) is 36.3 Å². The van der Waals surface area contributed by atoms with Gasteiger partial charge >= 0.3 is 0 Å². The second-order valence-corrected chi connectivity index (χ2v) is 7.54. The highest BCUT2D eigenvalue weighted by molar-refractivity contribution is 14.0. The molecular weight excluding hydrogens is 469 g/mol. The highest BCUT2D eigenvalue weighted by atomic mass is 127.